The van der Waals surface area contributed by atoms with E-state index < -0.39 is 0 Å². The lowest BCUT2D eigenvalue weighted by atomic mass is 10.1. The Morgan fingerprint density at radius 1 is 0.867 bits per heavy atom. The first-order chi connectivity index (χ1) is 14.8. The molecule has 0 atom stereocenters. The number of hydrogen-bond donors (Lipinski definition) is 3. The van der Waals surface area contributed by atoms with Crippen LogP contribution < -0.4 is 5.73 Å². The Balaban J connectivity index is 1.52. The van der Waals surface area contributed by atoms with E-state index in [2.05, 4.69) is 25.1 Å². The Labute approximate surface area is 169 Å². The second-order valence-corrected chi connectivity index (χ2v) is 6.85. The molecular weight excluding hydrogens is 380 g/mol. The van der Waals surface area contributed by atoms with Crippen LogP contribution in [-0.4, -0.2) is 35.1 Å². The number of aromatic nitrogens is 7. The molecular formula is C21H14N8O. The second-order valence-electron chi connectivity index (χ2n) is 6.85. The number of imidazole rings is 1. The second kappa shape index (κ2) is 6.24. The van der Waals surface area contributed by atoms with Gasteiger partial charge in [0, 0.05) is 35.3 Å². The van der Waals surface area contributed by atoms with Crippen molar-refractivity contribution in [3.8, 4) is 33.9 Å². The zero-order valence-corrected chi connectivity index (χ0v) is 15.5. The highest BCUT2D eigenvalue weighted by molar-refractivity contribution is 5.95. The summed E-state index contributed by atoms with van der Waals surface area (Å²) in [6, 6.07) is 7.55. The van der Waals surface area contributed by atoms with Gasteiger partial charge >= 0.3 is 0 Å². The van der Waals surface area contributed by atoms with Crippen LogP contribution in [0.5, 0.6) is 0 Å². The number of pyridine rings is 3. The summed E-state index contributed by atoms with van der Waals surface area (Å²) in [4.78, 5) is 21.3. The van der Waals surface area contributed by atoms with Gasteiger partial charge < -0.3 is 15.1 Å². The Morgan fingerprint density at radius 3 is 2.67 bits per heavy atom. The fraction of sp³-hybridized carbons (Fsp3) is 0. The molecule has 6 rings (SSSR count). The van der Waals surface area contributed by atoms with E-state index in [0.717, 1.165) is 38.9 Å². The van der Waals surface area contributed by atoms with E-state index in [9.17, 15) is 0 Å². The molecule has 0 spiro atoms. The Hall–Kier alpha value is -4.53. The number of hydrogen-bond acceptors (Lipinski definition) is 7. The lowest BCUT2D eigenvalue weighted by Gasteiger charge is -2.02. The first-order valence-corrected chi connectivity index (χ1v) is 9.19. The summed E-state index contributed by atoms with van der Waals surface area (Å²) in [7, 11) is 0. The first kappa shape index (κ1) is 16.4. The average Bonchev–Trinajstić information content (AvgIpc) is 3.51. The van der Waals surface area contributed by atoms with Gasteiger partial charge in [-0.2, -0.15) is 5.10 Å². The predicted molar refractivity (Wildman–Crippen MR) is 112 cm³/mol. The fourth-order valence-electron chi connectivity index (χ4n) is 3.50. The van der Waals surface area contributed by atoms with E-state index in [1.807, 2.05) is 24.3 Å². The maximum Gasteiger partial charge on any atom is 0.161 e. The number of nitrogen functional groups attached to an aromatic ring is 1. The average molecular weight is 394 g/mol. The summed E-state index contributed by atoms with van der Waals surface area (Å²) in [5.41, 5.74) is 13.5. The van der Waals surface area contributed by atoms with Crippen LogP contribution in [0.15, 0.2) is 66.0 Å². The molecule has 6 heterocycles. The Bertz CT molecular complexity index is 1510. The van der Waals surface area contributed by atoms with E-state index in [1.54, 1.807) is 37.3 Å². The van der Waals surface area contributed by atoms with Crippen molar-refractivity contribution in [3.05, 3.63) is 61.6 Å². The van der Waals surface area contributed by atoms with Crippen LogP contribution in [0.2, 0.25) is 0 Å². The molecule has 6 aromatic rings. The minimum Gasteiger partial charge on any atom is -0.472 e. The van der Waals surface area contributed by atoms with Gasteiger partial charge in [-0.3, -0.25) is 15.1 Å². The van der Waals surface area contributed by atoms with E-state index in [-0.39, 0.29) is 0 Å². The van der Waals surface area contributed by atoms with Crippen LogP contribution in [0, 0.1) is 0 Å². The SMILES string of the molecule is Nc1cncc(-c2ccc3[nH]nc(-c4nc5c(-c6ccoc6)cncc5[nH]4)c3n2)c1. The molecule has 9 heteroatoms. The molecule has 0 aromatic carbocycles. The molecule has 144 valence electrons. The van der Waals surface area contributed by atoms with E-state index >= 15 is 0 Å². The number of rotatable bonds is 3. The number of nitrogens with two attached hydrogens (primary N) is 1. The maximum absolute atomic E-state index is 5.87. The highest BCUT2D eigenvalue weighted by atomic mass is 16.3. The molecule has 9 nitrogen and oxygen atoms in total. The molecule has 0 unspecified atom stereocenters. The largest absolute Gasteiger partial charge is 0.472 e. The number of fused-ring (bicyclic) bond motifs is 2. The van der Waals surface area contributed by atoms with Crippen LogP contribution in [0.1, 0.15) is 0 Å². The van der Waals surface area contributed by atoms with Gasteiger partial charge in [0.1, 0.15) is 11.0 Å². The molecule has 0 radical (unpaired) electrons. The number of H-pyrrole nitrogens is 2. The lowest BCUT2D eigenvalue weighted by molar-refractivity contribution is 0.568. The molecule has 0 amide bonds. The molecule has 6 aromatic heterocycles. The van der Waals surface area contributed by atoms with Gasteiger partial charge in [0.25, 0.3) is 0 Å². The molecule has 0 fully saturated rings. The van der Waals surface area contributed by atoms with E-state index in [0.29, 0.717) is 22.7 Å². The van der Waals surface area contributed by atoms with Gasteiger partial charge in [0.15, 0.2) is 11.5 Å². The Kier molecular flexibility index (Phi) is 3.42. The van der Waals surface area contributed by atoms with Gasteiger partial charge in [-0.15, -0.1) is 0 Å². The standard InChI is InChI=1S/C21H14N8O/c22-13-5-12(6-23-7-13)15-1-2-16-19(25-15)20(29-28-16)21-26-17-9-24-8-14(18(17)27-21)11-3-4-30-10-11/h1-10H,22H2,(H,26,27)(H,28,29). The number of furan rings is 1. The summed E-state index contributed by atoms with van der Waals surface area (Å²) >= 11 is 0. The van der Waals surface area contributed by atoms with Crippen molar-refractivity contribution in [2.75, 3.05) is 5.73 Å². The van der Waals surface area contributed by atoms with Gasteiger partial charge in [-0.05, 0) is 24.3 Å². The van der Waals surface area contributed by atoms with Gasteiger partial charge in [-0.25, -0.2) is 9.97 Å². The van der Waals surface area contributed by atoms with Crippen molar-refractivity contribution in [1.82, 2.24) is 35.1 Å². The summed E-state index contributed by atoms with van der Waals surface area (Å²) in [5, 5.41) is 7.46. The molecule has 0 aliphatic heterocycles. The van der Waals surface area contributed by atoms with Gasteiger partial charge in [0.05, 0.1) is 41.1 Å². The molecule has 4 N–H and O–H groups in total. The summed E-state index contributed by atoms with van der Waals surface area (Å²) < 4.78 is 5.21. The van der Waals surface area contributed by atoms with Crippen molar-refractivity contribution in [2.24, 2.45) is 0 Å². The number of nitrogens with one attached hydrogen (secondary N) is 2. The van der Waals surface area contributed by atoms with Crippen LogP contribution in [0.4, 0.5) is 5.69 Å². The number of nitrogens with zero attached hydrogens (tertiary/aromatic N) is 5. The topological polar surface area (TPSA) is 135 Å². The minimum absolute atomic E-state index is 0.582. The number of anilines is 1. The summed E-state index contributed by atoms with van der Waals surface area (Å²) in [6.07, 6.45) is 10.1. The zero-order valence-electron chi connectivity index (χ0n) is 15.5. The lowest BCUT2D eigenvalue weighted by Crippen LogP contribution is -1.90. The van der Waals surface area contributed by atoms with Crippen LogP contribution in [-0.2, 0) is 0 Å². The molecule has 0 bridgehead atoms. The normalized spacial score (nSPS) is 11.5. The number of aromatic amines is 2. The third-order valence-electron chi connectivity index (χ3n) is 4.91. The van der Waals surface area contributed by atoms with E-state index in [1.165, 1.54) is 0 Å². The monoisotopic (exact) mass is 394 g/mol. The summed E-state index contributed by atoms with van der Waals surface area (Å²) in [6.45, 7) is 0. The molecule has 0 saturated heterocycles. The third-order valence-corrected chi connectivity index (χ3v) is 4.91. The summed E-state index contributed by atoms with van der Waals surface area (Å²) in [5.74, 6) is 0.601. The van der Waals surface area contributed by atoms with Crippen LogP contribution in [0.3, 0.4) is 0 Å². The third kappa shape index (κ3) is 2.53. The highest BCUT2D eigenvalue weighted by Crippen LogP contribution is 2.31. The Morgan fingerprint density at radius 2 is 1.80 bits per heavy atom. The van der Waals surface area contributed by atoms with Crippen molar-refractivity contribution < 1.29 is 4.42 Å². The first-order valence-electron chi connectivity index (χ1n) is 9.19. The maximum atomic E-state index is 5.87. The molecule has 0 saturated carbocycles. The predicted octanol–water partition coefficient (Wildman–Crippen LogP) is 3.80. The minimum atomic E-state index is 0.582. The molecule has 0 aliphatic carbocycles. The zero-order chi connectivity index (χ0) is 20.1. The molecule has 30 heavy (non-hydrogen) atoms. The van der Waals surface area contributed by atoms with Crippen molar-refractivity contribution in [2.45, 2.75) is 0 Å². The van der Waals surface area contributed by atoms with Crippen molar-refractivity contribution in [3.63, 3.8) is 0 Å². The quantitative estimate of drug-likeness (QED) is 0.415. The fourth-order valence-corrected chi connectivity index (χ4v) is 3.50. The van der Waals surface area contributed by atoms with E-state index in [4.69, 9.17) is 20.1 Å². The highest BCUT2D eigenvalue weighted by Gasteiger charge is 2.17. The van der Waals surface area contributed by atoms with Gasteiger partial charge in [-0.1, -0.05) is 0 Å². The van der Waals surface area contributed by atoms with Gasteiger partial charge in [0.2, 0.25) is 0 Å². The van der Waals surface area contributed by atoms with Crippen molar-refractivity contribution >= 4 is 27.8 Å². The molecule has 0 aliphatic rings. The van der Waals surface area contributed by atoms with Crippen molar-refractivity contribution in [1.29, 1.82) is 0 Å². The van der Waals surface area contributed by atoms with Crippen LogP contribution >= 0.6 is 0 Å². The van der Waals surface area contributed by atoms with Crippen LogP contribution in [0.25, 0.3) is 56.0 Å². The smallest absolute Gasteiger partial charge is 0.161 e.